The Hall–Kier alpha value is -2.22. The van der Waals surface area contributed by atoms with Crippen molar-refractivity contribution in [2.45, 2.75) is 19.1 Å². The molecule has 0 aliphatic rings. The molecule has 0 fully saturated rings. The van der Waals surface area contributed by atoms with Gasteiger partial charge in [0.1, 0.15) is 5.82 Å². The van der Waals surface area contributed by atoms with Crippen molar-refractivity contribution in [2.24, 2.45) is 0 Å². The van der Waals surface area contributed by atoms with E-state index in [1.54, 1.807) is 6.92 Å². The highest BCUT2D eigenvalue weighted by Crippen LogP contribution is 2.30. The molecule has 0 saturated heterocycles. The van der Waals surface area contributed by atoms with E-state index in [1.807, 2.05) is 0 Å². The molecule has 0 bridgehead atoms. The van der Waals surface area contributed by atoms with Crippen molar-refractivity contribution in [3.05, 3.63) is 36.3 Å². The predicted molar refractivity (Wildman–Crippen MR) is 70.4 cm³/mol. The molecule has 0 amide bonds. The van der Waals surface area contributed by atoms with Crippen LogP contribution < -0.4 is 5.32 Å². The van der Waals surface area contributed by atoms with Crippen LogP contribution in [0.2, 0.25) is 0 Å². The van der Waals surface area contributed by atoms with E-state index in [2.05, 4.69) is 20.3 Å². The Bertz CT molecular complexity index is 604. The number of nitrogens with zero attached hydrogens (tertiary/aromatic N) is 3. The number of aromatic nitrogens is 3. The summed E-state index contributed by atoms with van der Waals surface area (Å²) in [5, 5.41) is 11.7. The average molecular weight is 298 g/mol. The van der Waals surface area contributed by atoms with Crippen molar-refractivity contribution in [3.8, 4) is 11.4 Å². The second kappa shape index (κ2) is 6.04. The number of hydrogen-bond acceptors (Lipinski definition) is 5. The molecule has 0 aliphatic carbocycles. The average Bonchev–Trinajstić information content (AvgIpc) is 2.47. The van der Waals surface area contributed by atoms with E-state index in [-0.39, 0.29) is 18.2 Å². The molecule has 2 aromatic rings. The largest absolute Gasteiger partial charge is 0.433 e. The monoisotopic (exact) mass is 298 g/mol. The van der Waals surface area contributed by atoms with Crippen LogP contribution in [0.1, 0.15) is 12.6 Å². The standard InChI is InChI=1S/C13H13F3N4O/c1-8(7-21)18-11-6-10(13(14,15)16)19-12(20-11)9-2-4-17-5-3-9/h2-6,8,21H,7H2,1H3,(H,18,19,20). The molecule has 2 rings (SSSR count). The van der Waals surface area contributed by atoms with E-state index in [4.69, 9.17) is 5.11 Å². The molecular formula is C13H13F3N4O. The van der Waals surface area contributed by atoms with Crippen LogP contribution in [0.4, 0.5) is 19.0 Å². The van der Waals surface area contributed by atoms with Crippen molar-refractivity contribution in [1.82, 2.24) is 15.0 Å². The van der Waals surface area contributed by atoms with Crippen molar-refractivity contribution in [1.29, 1.82) is 0 Å². The first-order valence-electron chi connectivity index (χ1n) is 6.14. The Morgan fingerprint density at radius 2 is 1.90 bits per heavy atom. The zero-order valence-electron chi connectivity index (χ0n) is 11.1. The van der Waals surface area contributed by atoms with E-state index in [0.717, 1.165) is 6.07 Å². The molecule has 0 aromatic carbocycles. The van der Waals surface area contributed by atoms with Crippen LogP contribution in [0.3, 0.4) is 0 Å². The third-order valence-electron chi connectivity index (χ3n) is 2.62. The van der Waals surface area contributed by atoms with Crippen LogP contribution in [0.15, 0.2) is 30.6 Å². The van der Waals surface area contributed by atoms with Gasteiger partial charge in [0.15, 0.2) is 11.5 Å². The number of alkyl halides is 3. The Balaban J connectivity index is 2.47. The van der Waals surface area contributed by atoms with E-state index in [9.17, 15) is 13.2 Å². The SMILES string of the molecule is CC(CO)Nc1cc(C(F)(F)F)nc(-c2ccncc2)n1. The van der Waals surface area contributed by atoms with Gasteiger partial charge in [-0.15, -0.1) is 0 Å². The highest BCUT2D eigenvalue weighted by molar-refractivity contribution is 5.57. The van der Waals surface area contributed by atoms with Gasteiger partial charge in [0.05, 0.1) is 6.61 Å². The molecule has 112 valence electrons. The number of rotatable bonds is 4. The highest BCUT2D eigenvalue weighted by Gasteiger charge is 2.34. The minimum atomic E-state index is -4.58. The molecule has 8 heteroatoms. The fourth-order valence-corrected chi connectivity index (χ4v) is 1.59. The summed E-state index contributed by atoms with van der Waals surface area (Å²) in [7, 11) is 0. The summed E-state index contributed by atoms with van der Waals surface area (Å²) in [6.07, 6.45) is -1.69. The Morgan fingerprint density at radius 1 is 1.24 bits per heavy atom. The first kappa shape index (κ1) is 15.2. The molecule has 5 nitrogen and oxygen atoms in total. The van der Waals surface area contributed by atoms with Crippen LogP contribution in [0, 0.1) is 0 Å². The molecule has 2 heterocycles. The first-order chi connectivity index (χ1) is 9.90. The lowest BCUT2D eigenvalue weighted by molar-refractivity contribution is -0.141. The second-order valence-electron chi connectivity index (χ2n) is 4.42. The van der Waals surface area contributed by atoms with Gasteiger partial charge in [-0.05, 0) is 19.1 Å². The fourth-order valence-electron chi connectivity index (χ4n) is 1.59. The number of pyridine rings is 1. The van der Waals surface area contributed by atoms with Gasteiger partial charge in [0.25, 0.3) is 0 Å². The van der Waals surface area contributed by atoms with Crippen LogP contribution in [-0.4, -0.2) is 32.7 Å². The highest BCUT2D eigenvalue weighted by atomic mass is 19.4. The topological polar surface area (TPSA) is 70.9 Å². The van der Waals surface area contributed by atoms with Crippen LogP contribution >= 0.6 is 0 Å². The molecular weight excluding hydrogens is 285 g/mol. The maximum atomic E-state index is 12.9. The third-order valence-corrected chi connectivity index (χ3v) is 2.62. The number of anilines is 1. The zero-order chi connectivity index (χ0) is 15.5. The van der Waals surface area contributed by atoms with E-state index < -0.39 is 17.9 Å². The fraction of sp³-hybridized carbons (Fsp3) is 0.308. The van der Waals surface area contributed by atoms with Crippen molar-refractivity contribution in [3.63, 3.8) is 0 Å². The maximum Gasteiger partial charge on any atom is 0.433 e. The van der Waals surface area contributed by atoms with Crippen LogP contribution in [0.5, 0.6) is 0 Å². The number of aliphatic hydroxyl groups excluding tert-OH is 1. The summed E-state index contributed by atoms with van der Waals surface area (Å²) in [6.45, 7) is 1.40. The van der Waals surface area contributed by atoms with E-state index in [0.29, 0.717) is 5.56 Å². The van der Waals surface area contributed by atoms with Crippen LogP contribution in [-0.2, 0) is 6.18 Å². The Labute approximate surface area is 118 Å². The predicted octanol–water partition coefficient (Wildman–Crippen LogP) is 2.35. The third kappa shape index (κ3) is 3.88. The number of halogens is 3. The zero-order valence-corrected chi connectivity index (χ0v) is 11.1. The summed E-state index contributed by atoms with van der Waals surface area (Å²) < 4.78 is 38.7. The summed E-state index contributed by atoms with van der Waals surface area (Å²) in [4.78, 5) is 11.4. The molecule has 0 aliphatic heterocycles. The van der Waals surface area contributed by atoms with Gasteiger partial charge in [-0.3, -0.25) is 4.98 Å². The van der Waals surface area contributed by atoms with Crippen molar-refractivity contribution >= 4 is 5.82 Å². The van der Waals surface area contributed by atoms with Crippen molar-refractivity contribution in [2.75, 3.05) is 11.9 Å². The van der Waals surface area contributed by atoms with Gasteiger partial charge in [-0.25, -0.2) is 9.97 Å². The molecule has 0 saturated carbocycles. The van der Waals surface area contributed by atoms with Gasteiger partial charge in [0.2, 0.25) is 0 Å². The molecule has 2 N–H and O–H groups in total. The Kier molecular flexibility index (Phi) is 4.37. The summed E-state index contributed by atoms with van der Waals surface area (Å²) in [6, 6.07) is 3.44. The lowest BCUT2D eigenvalue weighted by Gasteiger charge is -2.14. The van der Waals surface area contributed by atoms with Gasteiger partial charge >= 0.3 is 6.18 Å². The summed E-state index contributed by atoms with van der Waals surface area (Å²) in [5.74, 6) is -0.0504. The molecule has 2 aromatic heterocycles. The lowest BCUT2D eigenvalue weighted by Crippen LogP contribution is -2.21. The van der Waals surface area contributed by atoms with E-state index >= 15 is 0 Å². The minimum absolute atomic E-state index is 0.00527. The summed E-state index contributed by atoms with van der Waals surface area (Å²) in [5.41, 5.74) is -0.618. The van der Waals surface area contributed by atoms with Gasteiger partial charge in [0, 0.05) is 30.1 Å². The normalized spacial score (nSPS) is 13.0. The lowest BCUT2D eigenvalue weighted by atomic mass is 10.2. The Morgan fingerprint density at radius 3 is 2.48 bits per heavy atom. The molecule has 21 heavy (non-hydrogen) atoms. The molecule has 1 atom stereocenters. The summed E-state index contributed by atoms with van der Waals surface area (Å²) >= 11 is 0. The maximum absolute atomic E-state index is 12.9. The van der Waals surface area contributed by atoms with Crippen molar-refractivity contribution < 1.29 is 18.3 Å². The van der Waals surface area contributed by atoms with Gasteiger partial charge in [-0.1, -0.05) is 0 Å². The molecule has 0 radical (unpaired) electrons. The number of aliphatic hydroxyl groups is 1. The smallest absolute Gasteiger partial charge is 0.394 e. The van der Waals surface area contributed by atoms with Gasteiger partial charge < -0.3 is 10.4 Å². The molecule has 0 spiro atoms. The van der Waals surface area contributed by atoms with Gasteiger partial charge in [-0.2, -0.15) is 13.2 Å². The minimum Gasteiger partial charge on any atom is -0.394 e. The number of hydrogen-bond donors (Lipinski definition) is 2. The number of nitrogens with one attached hydrogen (secondary N) is 1. The quantitative estimate of drug-likeness (QED) is 0.906. The van der Waals surface area contributed by atoms with Crippen LogP contribution in [0.25, 0.3) is 11.4 Å². The second-order valence-corrected chi connectivity index (χ2v) is 4.42. The first-order valence-corrected chi connectivity index (χ1v) is 6.14. The van der Waals surface area contributed by atoms with E-state index in [1.165, 1.54) is 24.5 Å². The molecule has 1 unspecified atom stereocenters.